The molecule has 3 heteroatoms. The molecular formula is C17H15N3. The van der Waals surface area contributed by atoms with Crippen LogP contribution in [0.4, 0.5) is 5.82 Å². The van der Waals surface area contributed by atoms with Gasteiger partial charge in [0.15, 0.2) is 5.82 Å². The Hall–Kier alpha value is -2.68. The fourth-order valence-electron chi connectivity index (χ4n) is 2.16. The molecule has 0 saturated carbocycles. The number of aromatic nitrogens is 2. The number of rotatable bonds is 2. The van der Waals surface area contributed by atoms with E-state index in [1.807, 2.05) is 42.5 Å². The van der Waals surface area contributed by atoms with E-state index in [4.69, 9.17) is 5.73 Å². The lowest BCUT2D eigenvalue weighted by atomic mass is 10.1. The van der Waals surface area contributed by atoms with E-state index in [0.29, 0.717) is 11.6 Å². The molecular weight excluding hydrogens is 246 g/mol. The first-order valence-corrected chi connectivity index (χ1v) is 6.49. The summed E-state index contributed by atoms with van der Waals surface area (Å²) in [7, 11) is 0. The standard InChI is InChI=1S/C17H15N3/c1-12-6-5-9-14(10-12)15-11-19-17(20-16(15)18)13-7-3-2-4-8-13/h2-11H,1H3,(H2,18,19,20). The van der Waals surface area contributed by atoms with Crippen molar-refractivity contribution < 1.29 is 0 Å². The Labute approximate surface area is 118 Å². The number of nitrogens with two attached hydrogens (primary N) is 1. The van der Waals surface area contributed by atoms with Crippen LogP contribution in [0.2, 0.25) is 0 Å². The molecule has 0 bridgehead atoms. The van der Waals surface area contributed by atoms with Crippen LogP contribution in [0.1, 0.15) is 5.56 Å². The molecule has 0 aliphatic heterocycles. The van der Waals surface area contributed by atoms with Crippen molar-refractivity contribution in [2.24, 2.45) is 0 Å². The van der Waals surface area contributed by atoms with Gasteiger partial charge in [0.1, 0.15) is 5.82 Å². The molecule has 0 amide bonds. The normalized spacial score (nSPS) is 10.4. The summed E-state index contributed by atoms with van der Waals surface area (Å²) in [5.41, 5.74) is 10.2. The summed E-state index contributed by atoms with van der Waals surface area (Å²) < 4.78 is 0. The van der Waals surface area contributed by atoms with Gasteiger partial charge < -0.3 is 5.73 Å². The Balaban J connectivity index is 2.04. The molecule has 0 aliphatic carbocycles. The number of nitrogen functional groups attached to an aromatic ring is 1. The van der Waals surface area contributed by atoms with Crippen LogP contribution in [-0.4, -0.2) is 9.97 Å². The van der Waals surface area contributed by atoms with Crippen LogP contribution >= 0.6 is 0 Å². The largest absolute Gasteiger partial charge is 0.383 e. The molecule has 0 aliphatic rings. The summed E-state index contributed by atoms with van der Waals surface area (Å²) in [6.07, 6.45) is 1.79. The smallest absolute Gasteiger partial charge is 0.161 e. The molecule has 0 saturated heterocycles. The highest BCUT2D eigenvalue weighted by Gasteiger charge is 2.08. The van der Waals surface area contributed by atoms with Crippen molar-refractivity contribution in [3.63, 3.8) is 0 Å². The predicted molar refractivity (Wildman–Crippen MR) is 82.1 cm³/mol. The Morgan fingerprint density at radius 3 is 2.35 bits per heavy atom. The van der Waals surface area contributed by atoms with Crippen LogP contribution < -0.4 is 5.73 Å². The van der Waals surface area contributed by atoms with Crippen molar-refractivity contribution in [3.05, 3.63) is 66.4 Å². The lowest BCUT2D eigenvalue weighted by Gasteiger charge is -2.07. The highest BCUT2D eigenvalue weighted by atomic mass is 14.9. The van der Waals surface area contributed by atoms with Gasteiger partial charge in [-0.25, -0.2) is 9.97 Å². The highest BCUT2D eigenvalue weighted by Crippen LogP contribution is 2.26. The Morgan fingerprint density at radius 2 is 1.65 bits per heavy atom. The van der Waals surface area contributed by atoms with E-state index in [0.717, 1.165) is 16.7 Å². The zero-order valence-electron chi connectivity index (χ0n) is 11.2. The minimum atomic E-state index is 0.504. The summed E-state index contributed by atoms with van der Waals surface area (Å²) in [4.78, 5) is 8.84. The number of benzene rings is 2. The summed E-state index contributed by atoms with van der Waals surface area (Å²) in [5.74, 6) is 1.16. The maximum atomic E-state index is 6.09. The monoisotopic (exact) mass is 261 g/mol. The van der Waals surface area contributed by atoms with Crippen LogP contribution in [0.5, 0.6) is 0 Å². The van der Waals surface area contributed by atoms with Gasteiger partial charge >= 0.3 is 0 Å². The summed E-state index contributed by atoms with van der Waals surface area (Å²) in [6, 6.07) is 18.0. The van der Waals surface area contributed by atoms with Crippen molar-refractivity contribution in [1.82, 2.24) is 9.97 Å². The molecule has 3 rings (SSSR count). The summed E-state index contributed by atoms with van der Waals surface area (Å²) in [5, 5.41) is 0. The number of hydrogen-bond donors (Lipinski definition) is 1. The molecule has 3 aromatic rings. The van der Waals surface area contributed by atoms with Gasteiger partial charge in [0.2, 0.25) is 0 Å². The van der Waals surface area contributed by atoms with E-state index in [-0.39, 0.29) is 0 Å². The van der Waals surface area contributed by atoms with Gasteiger partial charge in [-0.05, 0) is 12.5 Å². The molecule has 0 unspecified atom stereocenters. The molecule has 1 heterocycles. The van der Waals surface area contributed by atoms with E-state index in [9.17, 15) is 0 Å². The molecule has 0 spiro atoms. The van der Waals surface area contributed by atoms with Gasteiger partial charge in [-0.15, -0.1) is 0 Å². The van der Waals surface area contributed by atoms with Crippen molar-refractivity contribution in [1.29, 1.82) is 0 Å². The van der Waals surface area contributed by atoms with Gasteiger partial charge in [-0.1, -0.05) is 60.2 Å². The third-order valence-corrected chi connectivity index (χ3v) is 3.18. The third kappa shape index (κ3) is 2.38. The maximum absolute atomic E-state index is 6.09. The van der Waals surface area contributed by atoms with Crippen LogP contribution in [0.3, 0.4) is 0 Å². The quantitative estimate of drug-likeness (QED) is 0.765. The zero-order chi connectivity index (χ0) is 13.9. The average molecular weight is 261 g/mol. The first-order chi connectivity index (χ1) is 9.74. The number of anilines is 1. The molecule has 1 aromatic heterocycles. The molecule has 0 radical (unpaired) electrons. The van der Waals surface area contributed by atoms with E-state index >= 15 is 0 Å². The van der Waals surface area contributed by atoms with Crippen LogP contribution in [0, 0.1) is 6.92 Å². The van der Waals surface area contributed by atoms with Gasteiger partial charge in [0.05, 0.1) is 0 Å². The molecule has 98 valence electrons. The fraction of sp³-hybridized carbons (Fsp3) is 0.0588. The minimum absolute atomic E-state index is 0.504. The first kappa shape index (κ1) is 12.4. The van der Waals surface area contributed by atoms with Gasteiger partial charge in [0, 0.05) is 17.3 Å². The number of nitrogens with zero attached hydrogens (tertiary/aromatic N) is 2. The Kier molecular flexibility index (Phi) is 3.17. The summed E-state index contributed by atoms with van der Waals surface area (Å²) in [6.45, 7) is 2.05. The first-order valence-electron chi connectivity index (χ1n) is 6.49. The van der Waals surface area contributed by atoms with Crippen LogP contribution in [0.25, 0.3) is 22.5 Å². The van der Waals surface area contributed by atoms with Crippen molar-refractivity contribution in [2.75, 3.05) is 5.73 Å². The van der Waals surface area contributed by atoms with E-state index < -0.39 is 0 Å². The second-order valence-electron chi connectivity index (χ2n) is 4.73. The molecule has 2 aromatic carbocycles. The van der Waals surface area contributed by atoms with Gasteiger partial charge in [-0.3, -0.25) is 0 Å². The zero-order valence-corrected chi connectivity index (χ0v) is 11.2. The van der Waals surface area contributed by atoms with Crippen molar-refractivity contribution in [2.45, 2.75) is 6.92 Å². The second-order valence-corrected chi connectivity index (χ2v) is 4.73. The minimum Gasteiger partial charge on any atom is -0.383 e. The van der Waals surface area contributed by atoms with E-state index in [1.165, 1.54) is 5.56 Å². The van der Waals surface area contributed by atoms with Crippen molar-refractivity contribution >= 4 is 5.82 Å². The molecule has 0 fully saturated rings. The molecule has 3 nitrogen and oxygen atoms in total. The Morgan fingerprint density at radius 1 is 0.900 bits per heavy atom. The second kappa shape index (κ2) is 5.13. The number of aryl methyl sites for hydroxylation is 1. The average Bonchev–Trinajstić information content (AvgIpc) is 2.48. The predicted octanol–water partition coefficient (Wildman–Crippen LogP) is 3.70. The summed E-state index contributed by atoms with van der Waals surface area (Å²) >= 11 is 0. The van der Waals surface area contributed by atoms with Gasteiger partial charge in [0.25, 0.3) is 0 Å². The lowest BCUT2D eigenvalue weighted by Crippen LogP contribution is -1.98. The van der Waals surface area contributed by atoms with E-state index in [2.05, 4.69) is 29.0 Å². The molecule has 20 heavy (non-hydrogen) atoms. The molecule has 0 atom stereocenters. The van der Waals surface area contributed by atoms with Gasteiger partial charge in [-0.2, -0.15) is 0 Å². The molecule has 2 N–H and O–H groups in total. The SMILES string of the molecule is Cc1cccc(-c2cnc(-c3ccccc3)nc2N)c1. The lowest BCUT2D eigenvalue weighted by molar-refractivity contribution is 1.19. The van der Waals surface area contributed by atoms with Crippen molar-refractivity contribution in [3.8, 4) is 22.5 Å². The maximum Gasteiger partial charge on any atom is 0.161 e. The third-order valence-electron chi connectivity index (χ3n) is 3.18. The topological polar surface area (TPSA) is 51.8 Å². The van der Waals surface area contributed by atoms with E-state index in [1.54, 1.807) is 6.20 Å². The fourth-order valence-corrected chi connectivity index (χ4v) is 2.16. The van der Waals surface area contributed by atoms with Crippen LogP contribution in [-0.2, 0) is 0 Å². The van der Waals surface area contributed by atoms with Crippen LogP contribution in [0.15, 0.2) is 60.8 Å². The number of hydrogen-bond acceptors (Lipinski definition) is 3. The highest BCUT2D eigenvalue weighted by molar-refractivity contribution is 5.74. The Bertz CT molecular complexity index is 736.